The molecule has 11 heteroatoms. The summed E-state index contributed by atoms with van der Waals surface area (Å²) >= 11 is 2.73. The normalized spacial score (nSPS) is 17.6. The van der Waals surface area contributed by atoms with Crippen LogP contribution in [0.15, 0.2) is 90.4 Å². The second-order valence-electron chi connectivity index (χ2n) is 10.6. The van der Waals surface area contributed by atoms with Gasteiger partial charge in [0.15, 0.2) is 10.9 Å². The molecule has 224 valence electrons. The summed E-state index contributed by atoms with van der Waals surface area (Å²) in [5, 5.41) is 4.63. The predicted octanol–water partition coefficient (Wildman–Crippen LogP) is 6.36. The van der Waals surface area contributed by atoms with E-state index in [-0.39, 0.29) is 30.2 Å². The van der Waals surface area contributed by atoms with Crippen LogP contribution in [0.4, 0.5) is 15.6 Å². The van der Waals surface area contributed by atoms with E-state index in [1.165, 1.54) is 39.8 Å². The molecule has 2 aliphatic rings. The topological polar surface area (TPSA) is 109 Å². The van der Waals surface area contributed by atoms with Gasteiger partial charge in [-0.3, -0.25) is 24.2 Å². The number of nitrogens with zero attached hydrogens (tertiary/aromatic N) is 3. The minimum Gasteiger partial charge on any atom is -0.444 e. The smallest absolute Gasteiger partial charge is 0.412 e. The van der Waals surface area contributed by atoms with E-state index in [4.69, 9.17) is 4.74 Å². The van der Waals surface area contributed by atoms with Crippen molar-refractivity contribution < 1.29 is 23.9 Å². The van der Waals surface area contributed by atoms with E-state index < -0.39 is 17.5 Å². The summed E-state index contributed by atoms with van der Waals surface area (Å²) in [7, 11) is 0. The fourth-order valence-electron chi connectivity index (χ4n) is 4.95. The van der Waals surface area contributed by atoms with Gasteiger partial charge in [-0.15, -0.1) is 23.1 Å². The molecule has 3 aromatic carbocycles. The maximum absolute atomic E-state index is 14.5. The molecule has 0 radical (unpaired) electrons. The number of thioether (sulfide) groups is 1. The molecule has 2 unspecified atom stereocenters. The number of hydrogen-bond donors (Lipinski definition) is 1. The van der Waals surface area contributed by atoms with Crippen molar-refractivity contribution in [2.45, 2.75) is 43.8 Å². The molecule has 1 aromatic heterocycles. The minimum atomic E-state index is -0.893. The van der Waals surface area contributed by atoms with Crippen molar-refractivity contribution in [1.29, 1.82) is 0 Å². The van der Waals surface area contributed by atoms with Crippen LogP contribution in [-0.2, 0) is 16.1 Å². The molecule has 1 aliphatic carbocycles. The quantitative estimate of drug-likeness (QED) is 0.216. The Hall–Kier alpha value is -4.48. The number of nitrogens with one attached hydrogen (secondary N) is 1. The van der Waals surface area contributed by atoms with E-state index in [0.717, 1.165) is 24.0 Å². The Kier molecular flexibility index (Phi) is 8.76. The molecule has 9 nitrogen and oxygen atoms in total. The standard InChI is InChI=1S/C33H30N4O5S2/c1-21(38)24-8-5-9-25(18-24)31-37(33(41)42-19-22-6-3-2-4-7-22)28(20-44-31)30(40)36(32-34-16-17-43-32)27-14-10-23(11-15-27)29(39)35-26-12-13-26/h2-11,14-18,26,28,31H,12-13,19-20H2,1H3,(H,35,39). The molecule has 4 aromatic rings. The molecule has 0 bridgehead atoms. The SMILES string of the molecule is CC(=O)c1cccc(C2SCC(C(=O)N(c3ccc(C(=O)NC4CC4)cc3)c3nccs3)N2C(=O)OCc2ccccc2)c1. The highest BCUT2D eigenvalue weighted by atomic mass is 32.2. The van der Waals surface area contributed by atoms with Crippen molar-refractivity contribution >= 4 is 57.6 Å². The summed E-state index contributed by atoms with van der Waals surface area (Å²) in [6.07, 6.45) is 2.95. The summed E-state index contributed by atoms with van der Waals surface area (Å²) in [5.41, 5.74) is 3.09. The first-order valence-corrected chi connectivity index (χ1v) is 16.2. The average molecular weight is 627 g/mol. The number of rotatable bonds is 9. The molecular weight excluding hydrogens is 597 g/mol. The number of Topliss-reactive ketones (excluding diaryl/α,β-unsaturated/α-hetero) is 1. The van der Waals surface area contributed by atoms with Crippen molar-refractivity contribution in [1.82, 2.24) is 15.2 Å². The van der Waals surface area contributed by atoms with Crippen LogP contribution in [0.5, 0.6) is 0 Å². The Morgan fingerprint density at radius 3 is 2.43 bits per heavy atom. The van der Waals surface area contributed by atoms with Gasteiger partial charge >= 0.3 is 6.09 Å². The molecular formula is C33H30N4O5S2. The number of benzene rings is 3. The summed E-state index contributed by atoms with van der Waals surface area (Å²) < 4.78 is 5.76. The molecule has 1 saturated heterocycles. The monoisotopic (exact) mass is 626 g/mol. The molecule has 1 N–H and O–H groups in total. The highest BCUT2D eigenvalue weighted by Gasteiger charge is 2.46. The highest BCUT2D eigenvalue weighted by Crippen LogP contribution is 2.44. The molecule has 3 amide bonds. The number of hydrogen-bond acceptors (Lipinski definition) is 8. The van der Waals surface area contributed by atoms with Crippen LogP contribution in [0.3, 0.4) is 0 Å². The van der Waals surface area contributed by atoms with Crippen LogP contribution < -0.4 is 10.2 Å². The van der Waals surface area contributed by atoms with E-state index in [2.05, 4.69) is 10.3 Å². The Morgan fingerprint density at radius 1 is 0.977 bits per heavy atom. The Labute approximate surface area is 263 Å². The number of carbonyl (C=O) groups is 4. The summed E-state index contributed by atoms with van der Waals surface area (Å²) in [4.78, 5) is 60.3. The lowest BCUT2D eigenvalue weighted by atomic mass is 10.1. The number of carbonyl (C=O) groups excluding carboxylic acids is 4. The van der Waals surface area contributed by atoms with Crippen LogP contribution in [0.2, 0.25) is 0 Å². The van der Waals surface area contributed by atoms with Crippen molar-refractivity contribution in [3.8, 4) is 0 Å². The molecule has 1 saturated carbocycles. The Bertz CT molecular complexity index is 1660. The van der Waals surface area contributed by atoms with Gasteiger partial charge in [0.2, 0.25) is 0 Å². The second-order valence-corrected chi connectivity index (χ2v) is 12.6. The molecule has 2 atom stereocenters. The van der Waals surface area contributed by atoms with Crippen molar-refractivity contribution in [3.63, 3.8) is 0 Å². The van der Waals surface area contributed by atoms with Crippen LogP contribution in [0, 0.1) is 0 Å². The fraction of sp³-hybridized carbons (Fsp3) is 0.242. The number of anilines is 2. The summed E-state index contributed by atoms with van der Waals surface area (Å²) in [5.74, 6) is -0.298. The van der Waals surface area contributed by atoms with Gasteiger partial charge in [0, 0.05) is 34.5 Å². The van der Waals surface area contributed by atoms with E-state index >= 15 is 0 Å². The fourth-order valence-corrected chi connectivity index (χ4v) is 7.01. The van der Waals surface area contributed by atoms with Crippen LogP contribution >= 0.6 is 23.1 Å². The average Bonchev–Trinajstić information content (AvgIpc) is 3.49. The molecule has 0 spiro atoms. The number of thiazole rings is 1. The lowest BCUT2D eigenvalue weighted by Crippen LogP contribution is -2.48. The minimum absolute atomic E-state index is 0.0442. The van der Waals surface area contributed by atoms with Crippen molar-refractivity contribution in [3.05, 3.63) is 113 Å². The van der Waals surface area contributed by atoms with E-state index in [1.54, 1.807) is 54.0 Å². The number of ketones is 1. The first-order chi connectivity index (χ1) is 21.4. The third-order valence-corrected chi connectivity index (χ3v) is 9.49. The predicted molar refractivity (Wildman–Crippen MR) is 170 cm³/mol. The van der Waals surface area contributed by atoms with Gasteiger partial charge in [0.1, 0.15) is 18.0 Å². The Morgan fingerprint density at radius 2 is 1.75 bits per heavy atom. The molecule has 6 rings (SSSR count). The van der Waals surface area contributed by atoms with E-state index in [0.29, 0.717) is 27.7 Å². The van der Waals surface area contributed by atoms with Gasteiger partial charge in [0.05, 0.1) is 5.69 Å². The van der Waals surface area contributed by atoms with Crippen LogP contribution in [0.25, 0.3) is 0 Å². The van der Waals surface area contributed by atoms with E-state index in [9.17, 15) is 19.2 Å². The van der Waals surface area contributed by atoms with Gasteiger partial charge in [-0.1, -0.05) is 48.5 Å². The second kappa shape index (κ2) is 13.0. The maximum atomic E-state index is 14.5. The summed E-state index contributed by atoms with van der Waals surface area (Å²) in [6, 6.07) is 22.6. The van der Waals surface area contributed by atoms with Crippen LogP contribution in [-0.4, -0.2) is 51.4 Å². The zero-order valence-electron chi connectivity index (χ0n) is 23.9. The number of amides is 3. The van der Waals surface area contributed by atoms with Gasteiger partial charge < -0.3 is 10.1 Å². The van der Waals surface area contributed by atoms with Crippen LogP contribution in [0.1, 0.15) is 57.0 Å². The molecule has 44 heavy (non-hydrogen) atoms. The Balaban J connectivity index is 1.31. The molecule has 1 aliphatic heterocycles. The zero-order chi connectivity index (χ0) is 30.6. The summed E-state index contributed by atoms with van der Waals surface area (Å²) in [6.45, 7) is 1.54. The first-order valence-electron chi connectivity index (χ1n) is 14.2. The number of ether oxygens (including phenoxy) is 1. The van der Waals surface area contributed by atoms with Gasteiger partial charge in [-0.25, -0.2) is 9.78 Å². The number of aromatic nitrogens is 1. The van der Waals surface area contributed by atoms with Gasteiger partial charge in [0.25, 0.3) is 11.8 Å². The third-order valence-electron chi connectivity index (χ3n) is 7.41. The maximum Gasteiger partial charge on any atom is 0.412 e. The van der Waals surface area contributed by atoms with Gasteiger partial charge in [-0.05, 0) is 61.2 Å². The van der Waals surface area contributed by atoms with Crippen molar-refractivity contribution in [2.24, 2.45) is 0 Å². The third kappa shape index (κ3) is 6.53. The lowest BCUT2D eigenvalue weighted by molar-refractivity contribution is -0.121. The lowest BCUT2D eigenvalue weighted by Gasteiger charge is -2.31. The molecule has 2 heterocycles. The van der Waals surface area contributed by atoms with Gasteiger partial charge in [-0.2, -0.15) is 0 Å². The largest absolute Gasteiger partial charge is 0.444 e. The highest BCUT2D eigenvalue weighted by molar-refractivity contribution is 7.99. The zero-order valence-corrected chi connectivity index (χ0v) is 25.6. The first kappa shape index (κ1) is 29.6. The van der Waals surface area contributed by atoms with E-state index in [1.807, 2.05) is 36.4 Å². The van der Waals surface area contributed by atoms with Crippen molar-refractivity contribution in [2.75, 3.05) is 10.7 Å². The molecule has 2 fully saturated rings.